The molecule has 0 spiro atoms. The normalized spacial score (nSPS) is 13.6. The van der Waals surface area contributed by atoms with Crippen LogP contribution < -0.4 is 10.1 Å². The van der Waals surface area contributed by atoms with Crippen molar-refractivity contribution < 1.29 is 14.1 Å². The molecule has 0 atom stereocenters. The lowest BCUT2D eigenvalue weighted by Gasteiger charge is -2.08. The van der Waals surface area contributed by atoms with Gasteiger partial charge in [0.25, 0.3) is 11.8 Å². The molecule has 3 aromatic rings. The number of anilines is 1. The number of amides is 1. The first kappa shape index (κ1) is 15.3. The van der Waals surface area contributed by atoms with E-state index >= 15 is 0 Å². The predicted molar refractivity (Wildman–Crippen MR) is 86.9 cm³/mol. The molecule has 9 nitrogen and oxygen atoms in total. The first-order valence-corrected chi connectivity index (χ1v) is 7.93. The Bertz CT molecular complexity index is 899. The summed E-state index contributed by atoms with van der Waals surface area (Å²) in [7, 11) is 0. The number of hydrogen-bond donors (Lipinski definition) is 1. The number of tetrazole rings is 1. The highest BCUT2D eigenvalue weighted by Crippen LogP contribution is 2.36. The van der Waals surface area contributed by atoms with Gasteiger partial charge in [0.1, 0.15) is 5.76 Å². The minimum atomic E-state index is -0.292. The van der Waals surface area contributed by atoms with Crippen LogP contribution in [0.1, 0.15) is 24.6 Å². The average molecular weight is 340 g/mol. The van der Waals surface area contributed by atoms with E-state index in [9.17, 15) is 4.79 Å². The summed E-state index contributed by atoms with van der Waals surface area (Å²) in [5.41, 5.74) is 1.50. The molecule has 25 heavy (non-hydrogen) atoms. The summed E-state index contributed by atoms with van der Waals surface area (Å²) < 4.78 is 12.0. The Morgan fingerprint density at radius 1 is 1.40 bits per heavy atom. The highest BCUT2D eigenvalue weighted by molar-refractivity contribution is 5.92. The predicted octanol–water partition coefficient (Wildman–Crippen LogP) is 1.99. The molecular formula is C16H16N6O3. The summed E-state index contributed by atoms with van der Waals surface area (Å²) >= 11 is 0. The Balaban J connectivity index is 1.42. The highest BCUT2D eigenvalue weighted by Gasteiger charge is 2.28. The molecule has 0 unspecified atom stereocenters. The number of aromatic nitrogens is 5. The smallest absolute Gasteiger partial charge is 0.262 e. The number of nitrogens with zero attached hydrogens (tertiary/aromatic N) is 5. The number of ether oxygens (including phenoxy) is 1. The lowest BCUT2D eigenvalue weighted by Crippen LogP contribution is -2.20. The van der Waals surface area contributed by atoms with Crippen molar-refractivity contribution in [1.82, 2.24) is 25.4 Å². The van der Waals surface area contributed by atoms with Gasteiger partial charge in [-0.15, -0.1) is 5.10 Å². The number of nitrogens with one attached hydrogen (secondary N) is 1. The van der Waals surface area contributed by atoms with E-state index in [1.54, 1.807) is 19.1 Å². The zero-order valence-corrected chi connectivity index (χ0v) is 13.5. The molecule has 0 aliphatic heterocycles. The maximum absolute atomic E-state index is 12.0. The molecular weight excluding hydrogens is 324 g/mol. The average Bonchev–Trinajstić information content (AvgIpc) is 3.17. The van der Waals surface area contributed by atoms with Gasteiger partial charge in [0.2, 0.25) is 0 Å². The number of rotatable bonds is 6. The molecule has 1 aliphatic rings. The molecule has 1 aromatic carbocycles. The Morgan fingerprint density at radius 3 is 3.04 bits per heavy atom. The number of hydrogen-bond acceptors (Lipinski definition) is 7. The third-order valence-electron chi connectivity index (χ3n) is 3.75. The topological polar surface area (TPSA) is 108 Å². The highest BCUT2D eigenvalue weighted by atomic mass is 16.5. The van der Waals surface area contributed by atoms with Crippen molar-refractivity contribution in [3.8, 4) is 17.3 Å². The number of carbonyl (C=O) groups excluding carboxylic acids is 1. The summed E-state index contributed by atoms with van der Waals surface area (Å²) in [6, 6.07) is 9.39. The molecule has 9 heteroatoms. The van der Waals surface area contributed by atoms with Gasteiger partial charge in [0.05, 0.1) is 6.04 Å². The lowest BCUT2D eigenvalue weighted by atomic mass is 10.2. The molecule has 0 saturated heterocycles. The minimum absolute atomic E-state index is 0.157. The molecule has 1 aliphatic carbocycles. The molecule has 1 saturated carbocycles. The second-order valence-corrected chi connectivity index (χ2v) is 5.87. The standard InChI is InChI=1S/C16H16N6O3/c1-10-7-15(19-25-10)24-9-14(23)17-12-4-2-3-11(8-12)16-18-20-21-22(16)13-5-6-13/h2-4,7-8,13H,5-6,9H2,1H3,(H,17,23). The summed E-state index contributed by atoms with van der Waals surface area (Å²) in [6.45, 7) is 1.59. The van der Waals surface area contributed by atoms with Crippen LogP contribution in [0.5, 0.6) is 5.88 Å². The van der Waals surface area contributed by atoms with Crippen LogP contribution >= 0.6 is 0 Å². The van der Waals surface area contributed by atoms with Gasteiger partial charge in [-0.25, -0.2) is 4.68 Å². The van der Waals surface area contributed by atoms with Crippen LogP contribution in [0.25, 0.3) is 11.4 Å². The fourth-order valence-corrected chi connectivity index (χ4v) is 2.43. The van der Waals surface area contributed by atoms with Crippen molar-refractivity contribution in [2.24, 2.45) is 0 Å². The van der Waals surface area contributed by atoms with Crippen molar-refractivity contribution in [2.45, 2.75) is 25.8 Å². The maximum Gasteiger partial charge on any atom is 0.262 e. The van der Waals surface area contributed by atoms with E-state index in [1.807, 2.05) is 22.9 Å². The van der Waals surface area contributed by atoms with Crippen molar-refractivity contribution in [1.29, 1.82) is 0 Å². The van der Waals surface area contributed by atoms with Gasteiger partial charge in [-0.2, -0.15) is 0 Å². The van der Waals surface area contributed by atoms with E-state index < -0.39 is 0 Å². The van der Waals surface area contributed by atoms with Crippen molar-refractivity contribution >= 4 is 11.6 Å². The molecule has 0 radical (unpaired) electrons. The van der Waals surface area contributed by atoms with Crippen LogP contribution in [-0.4, -0.2) is 37.9 Å². The summed E-state index contributed by atoms with van der Waals surface area (Å²) in [4.78, 5) is 12.0. The van der Waals surface area contributed by atoms with Crippen LogP contribution in [0.2, 0.25) is 0 Å². The van der Waals surface area contributed by atoms with Crippen LogP contribution in [0.4, 0.5) is 5.69 Å². The molecule has 2 aromatic heterocycles. The van der Waals surface area contributed by atoms with Gasteiger partial charge in [0.15, 0.2) is 12.4 Å². The summed E-state index contributed by atoms with van der Waals surface area (Å²) in [6.07, 6.45) is 2.18. The molecule has 4 rings (SSSR count). The van der Waals surface area contributed by atoms with Crippen LogP contribution in [0.3, 0.4) is 0 Å². The van der Waals surface area contributed by atoms with Gasteiger partial charge in [-0.3, -0.25) is 4.79 Å². The first-order chi connectivity index (χ1) is 12.2. The minimum Gasteiger partial charge on any atom is -0.465 e. The Morgan fingerprint density at radius 2 is 2.28 bits per heavy atom. The SMILES string of the molecule is Cc1cc(OCC(=O)Nc2cccc(-c3nnnn3C3CC3)c2)no1. The van der Waals surface area contributed by atoms with Crippen molar-refractivity contribution in [3.05, 3.63) is 36.1 Å². The largest absolute Gasteiger partial charge is 0.465 e. The van der Waals surface area contributed by atoms with Gasteiger partial charge >= 0.3 is 0 Å². The third kappa shape index (κ3) is 3.49. The van der Waals surface area contributed by atoms with Gasteiger partial charge < -0.3 is 14.6 Å². The van der Waals surface area contributed by atoms with Crippen LogP contribution in [0, 0.1) is 6.92 Å². The van der Waals surface area contributed by atoms with E-state index in [2.05, 4.69) is 26.0 Å². The van der Waals surface area contributed by atoms with Crippen molar-refractivity contribution in [3.63, 3.8) is 0 Å². The third-order valence-corrected chi connectivity index (χ3v) is 3.75. The zero-order valence-electron chi connectivity index (χ0n) is 13.5. The lowest BCUT2D eigenvalue weighted by molar-refractivity contribution is -0.118. The molecule has 1 fully saturated rings. The fourth-order valence-electron chi connectivity index (χ4n) is 2.43. The van der Waals surface area contributed by atoms with Crippen molar-refractivity contribution in [2.75, 3.05) is 11.9 Å². The summed E-state index contributed by atoms with van der Waals surface area (Å²) in [5, 5.41) is 18.3. The number of benzene rings is 1. The second kappa shape index (κ2) is 6.34. The van der Waals surface area contributed by atoms with E-state index in [-0.39, 0.29) is 18.4 Å². The van der Waals surface area contributed by atoms with Gasteiger partial charge in [-0.05, 0) is 47.5 Å². The van der Waals surface area contributed by atoms with E-state index in [1.165, 1.54) is 0 Å². The zero-order chi connectivity index (χ0) is 17.2. The molecule has 0 bridgehead atoms. The fraction of sp³-hybridized carbons (Fsp3) is 0.312. The first-order valence-electron chi connectivity index (χ1n) is 7.93. The van der Waals surface area contributed by atoms with E-state index in [4.69, 9.17) is 9.26 Å². The van der Waals surface area contributed by atoms with E-state index in [0.717, 1.165) is 18.4 Å². The Kier molecular flexibility index (Phi) is 3.88. The Hall–Kier alpha value is -3.23. The van der Waals surface area contributed by atoms with Crippen LogP contribution in [-0.2, 0) is 4.79 Å². The quantitative estimate of drug-likeness (QED) is 0.731. The maximum atomic E-state index is 12.0. The summed E-state index contributed by atoms with van der Waals surface area (Å²) in [5.74, 6) is 1.31. The van der Waals surface area contributed by atoms with Gasteiger partial charge in [0, 0.05) is 17.3 Å². The number of aryl methyl sites for hydroxylation is 1. The second-order valence-electron chi connectivity index (χ2n) is 5.87. The monoisotopic (exact) mass is 340 g/mol. The van der Waals surface area contributed by atoms with Crippen LogP contribution in [0.15, 0.2) is 34.9 Å². The molecule has 2 heterocycles. The molecule has 128 valence electrons. The molecule has 1 N–H and O–H groups in total. The number of carbonyl (C=O) groups is 1. The molecule has 1 amide bonds. The van der Waals surface area contributed by atoms with E-state index in [0.29, 0.717) is 23.3 Å². The van der Waals surface area contributed by atoms with Gasteiger partial charge in [-0.1, -0.05) is 12.1 Å². The Labute approximate surface area is 143 Å².